The number of halogens is 2. The second-order valence-electron chi connectivity index (χ2n) is 5.59. The Morgan fingerprint density at radius 2 is 1.95 bits per heavy atom. The second-order valence-corrected chi connectivity index (χ2v) is 5.59. The molecule has 0 fully saturated rings. The predicted molar refractivity (Wildman–Crippen MR) is 67.8 cm³/mol. The zero-order valence-electron chi connectivity index (χ0n) is 11.2. The largest absolute Gasteiger partial charge is 0.387 e. The van der Waals surface area contributed by atoms with Crippen LogP contribution in [0.3, 0.4) is 0 Å². The first-order valence-electron chi connectivity index (χ1n) is 6.11. The van der Waals surface area contributed by atoms with Crippen LogP contribution in [0, 0.1) is 5.41 Å². The molecule has 102 valence electrons. The van der Waals surface area contributed by atoms with Crippen molar-refractivity contribution in [2.75, 3.05) is 0 Å². The Kier molecular flexibility index (Phi) is 3.39. The number of para-hydroxylation sites is 2. The van der Waals surface area contributed by atoms with Crippen molar-refractivity contribution < 1.29 is 18.1 Å². The van der Waals surface area contributed by atoms with Crippen LogP contribution in [0.1, 0.15) is 27.3 Å². The van der Waals surface area contributed by atoms with Gasteiger partial charge in [0.1, 0.15) is 6.54 Å². The summed E-state index contributed by atoms with van der Waals surface area (Å²) in [6, 6.07) is 6.84. The summed E-state index contributed by atoms with van der Waals surface area (Å²) >= 11 is 0. The lowest BCUT2D eigenvalue weighted by Gasteiger charge is -2.14. The van der Waals surface area contributed by atoms with E-state index in [0.717, 1.165) is 4.57 Å². The van der Waals surface area contributed by atoms with Crippen LogP contribution in [0.25, 0.3) is 11.0 Å². The zero-order valence-corrected chi connectivity index (χ0v) is 11.2. The van der Waals surface area contributed by atoms with Crippen LogP contribution >= 0.6 is 0 Å². The first-order valence-corrected chi connectivity index (χ1v) is 6.11. The van der Waals surface area contributed by atoms with E-state index in [-0.39, 0.29) is 12.3 Å². The van der Waals surface area contributed by atoms with Crippen molar-refractivity contribution in [2.45, 2.75) is 33.9 Å². The Labute approximate surface area is 110 Å². The Morgan fingerprint density at radius 3 is 2.53 bits per heavy atom. The summed E-state index contributed by atoms with van der Waals surface area (Å²) in [6.45, 7) is 2.95. The number of carbonyl (C=O) groups excluding carboxylic acids is 1. The van der Waals surface area contributed by atoms with Gasteiger partial charge in [0, 0.05) is 5.41 Å². The van der Waals surface area contributed by atoms with Crippen LogP contribution in [0.2, 0.25) is 0 Å². The molecule has 1 aromatic carbocycles. The number of rotatable bonds is 3. The van der Waals surface area contributed by atoms with Crippen LogP contribution in [0.4, 0.5) is 8.78 Å². The van der Waals surface area contributed by atoms with Gasteiger partial charge < -0.3 is 0 Å². The maximum absolute atomic E-state index is 12.9. The van der Waals surface area contributed by atoms with Crippen molar-refractivity contribution in [3.05, 3.63) is 30.6 Å². The minimum atomic E-state index is -2.61. The van der Waals surface area contributed by atoms with E-state index in [1.54, 1.807) is 28.8 Å². The summed E-state index contributed by atoms with van der Waals surface area (Å²) in [5, 5.41) is 0. The molecule has 0 spiro atoms. The van der Waals surface area contributed by atoms with E-state index < -0.39 is 12.0 Å². The fourth-order valence-electron chi connectivity index (χ4n) is 1.87. The lowest BCUT2D eigenvalue weighted by molar-refractivity contribution is -0.660. The van der Waals surface area contributed by atoms with Crippen LogP contribution in [-0.2, 0) is 11.3 Å². The van der Waals surface area contributed by atoms with Gasteiger partial charge in [-0.1, -0.05) is 32.9 Å². The van der Waals surface area contributed by atoms with E-state index in [1.807, 2.05) is 20.8 Å². The van der Waals surface area contributed by atoms with Gasteiger partial charge in [-0.05, 0) is 12.1 Å². The monoisotopic (exact) mass is 267 g/mol. The number of benzene rings is 1. The van der Waals surface area contributed by atoms with Crippen molar-refractivity contribution in [1.82, 2.24) is 4.57 Å². The number of Topliss-reactive ketones (excluding diaryl/α,β-unsaturated/α-hetero) is 1. The molecule has 0 saturated carbocycles. The molecule has 5 heteroatoms. The molecule has 0 unspecified atom stereocenters. The van der Waals surface area contributed by atoms with Crippen molar-refractivity contribution in [1.29, 1.82) is 0 Å². The third kappa shape index (κ3) is 2.64. The number of carbonyl (C=O) groups is 1. The van der Waals surface area contributed by atoms with Gasteiger partial charge >= 0.3 is 6.55 Å². The van der Waals surface area contributed by atoms with Crippen LogP contribution in [0.15, 0.2) is 30.6 Å². The maximum atomic E-state index is 12.9. The first kappa shape index (κ1) is 13.6. The van der Waals surface area contributed by atoms with E-state index in [1.165, 1.54) is 6.33 Å². The second kappa shape index (κ2) is 4.72. The summed E-state index contributed by atoms with van der Waals surface area (Å²) in [4.78, 5) is 12.0. The fraction of sp³-hybridized carbons (Fsp3) is 0.429. The normalized spacial score (nSPS) is 12.3. The highest BCUT2D eigenvalue weighted by Gasteiger charge is 2.27. The highest BCUT2D eigenvalue weighted by molar-refractivity contribution is 5.83. The highest BCUT2D eigenvalue weighted by atomic mass is 19.3. The lowest BCUT2D eigenvalue weighted by atomic mass is 9.91. The van der Waals surface area contributed by atoms with E-state index >= 15 is 0 Å². The Hall–Kier alpha value is -1.78. The predicted octanol–water partition coefficient (Wildman–Crippen LogP) is 2.94. The number of aromatic nitrogens is 2. The molecule has 0 aliphatic rings. The quantitative estimate of drug-likeness (QED) is 0.785. The van der Waals surface area contributed by atoms with Crippen molar-refractivity contribution >= 4 is 16.8 Å². The molecule has 0 saturated heterocycles. The molecule has 0 amide bonds. The molecule has 19 heavy (non-hydrogen) atoms. The Morgan fingerprint density at radius 1 is 1.32 bits per heavy atom. The summed E-state index contributed by atoms with van der Waals surface area (Å²) < 4.78 is 28.4. The van der Waals surface area contributed by atoms with Gasteiger partial charge in [0.25, 0.3) is 0 Å². The number of alkyl halides is 2. The first-order chi connectivity index (χ1) is 8.80. The van der Waals surface area contributed by atoms with Gasteiger partial charge in [-0.2, -0.15) is 13.3 Å². The summed E-state index contributed by atoms with van der Waals surface area (Å²) in [5.41, 5.74) is 0.584. The van der Waals surface area contributed by atoms with Crippen LogP contribution in [0.5, 0.6) is 0 Å². The maximum Gasteiger partial charge on any atom is 0.387 e. The van der Waals surface area contributed by atoms with Gasteiger partial charge in [-0.15, -0.1) is 0 Å². The van der Waals surface area contributed by atoms with Gasteiger partial charge in [0.2, 0.25) is 6.33 Å². The molecule has 0 N–H and O–H groups in total. The molecule has 3 nitrogen and oxygen atoms in total. The topological polar surface area (TPSA) is 25.9 Å². The van der Waals surface area contributed by atoms with Crippen molar-refractivity contribution in [2.24, 2.45) is 5.41 Å². The minimum Gasteiger partial charge on any atom is -0.295 e. The van der Waals surface area contributed by atoms with Crippen LogP contribution < -0.4 is 4.57 Å². The van der Waals surface area contributed by atoms with Gasteiger partial charge in [-0.25, -0.2) is 4.57 Å². The summed E-state index contributed by atoms with van der Waals surface area (Å²) in [6.07, 6.45) is 1.30. The number of fused-ring (bicyclic) bond motifs is 1. The summed E-state index contributed by atoms with van der Waals surface area (Å²) in [5.74, 6) is 0.00895. The number of ketones is 1. The molecule has 0 aliphatic carbocycles. The fourth-order valence-corrected chi connectivity index (χ4v) is 1.87. The van der Waals surface area contributed by atoms with Gasteiger partial charge in [0.15, 0.2) is 16.8 Å². The average molecular weight is 267 g/mol. The highest BCUT2D eigenvalue weighted by Crippen LogP contribution is 2.19. The lowest BCUT2D eigenvalue weighted by Crippen LogP contribution is -2.41. The van der Waals surface area contributed by atoms with E-state index in [9.17, 15) is 13.6 Å². The van der Waals surface area contributed by atoms with E-state index in [4.69, 9.17) is 0 Å². The molecular formula is C14H17F2N2O+. The van der Waals surface area contributed by atoms with Crippen LogP contribution in [-0.4, -0.2) is 10.4 Å². The zero-order chi connectivity index (χ0) is 14.2. The number of nitrogens with zero attached hydrogens (tertiary/aromatic N) is 2. The SMILES string of the molecule is CC(C)(C)C(=O)C[n+]1cn(C(F)F)c2ccccc21. The van der Waals surface area contributed by atoms with Gasteiger partial charge in [-0.3, -0.25) is 4.79 Å². The molecule has 2 aromatic rings. The Balaban J connectivity index is 2.47. The minimum absolute atomic E-state index is 0.00895. The third-order valence-electron chi connectivity index (χ3n) is 3.09. The van der Waals surface area contributed by atoms with Crippen molar-refractivity contribution in [3.8, 4) is 0 Å². The van der Waals surface area contributed by atoms with E-state index in [0.29, 0.717) is 11.0 Å². The third-order valence-corrected chi connectivity index (χ3v) is 3.09. The molecule has 1 heterocycles. The number of hydrogen-bond acceptors (Lipinski definition) is 1. The molecule has 0 aliphatic heterocycles. The van der Waals surface area contributed by atoms with Crippen molar-refractivity contribution in [3.63, 3.8) is 0 Å². The smallest absolute Gasteiger partial charge is 0.295 e. The Bertz CT molecular complexity index is 611. The molecular weight excluding hydrogens is 250 g/mol. The van der Waals surface area contributed by atoms with E-state index in [2.05, 4.69) is 0 Å². The number of hydrogen-bond donors (Lipinski definition) is 0. The molecule has 0 atom stereocenters. The summed E-state index contributed by atoms with van der Waals surface area (Å²) in [7, 11) is 0. The molecule has 0 radical (unpaired) electrons. The van der Waals surface area contributed by atoms with Gasteiger partial charge in [0.05, 0.1) is 0 Å². The average Bonchev–Trinajstić information content (AvgIpc) is 2.67. The standard InChI is InChI=1S/C14H17F2N2O/c1-14(2,3)12(19)8-17-9-18(13(15)16)11-7-5-4-6-10(11)17/h4-7,9,13H,8H2,1-3H3/q+1. The molecule has 0 bridgehead atoms. The molecule has 1 aromatic heterocycles. The molecule has 2 rings (SSSR count). The number of imidazole rings is 1.